The summed E-state index contributed by atoms with van der Waals surface area (Å²) in [5.74, 6) is 2.50. The Morgan fingerprint density at radius 3 is 2.31 bits per heavy atom. The lowest BCUT2D eigenvalue weighted by Gasteiger charge is -2.58. The summed E-state index contributed by atoms with van der Waals surface area (Å²) in [6, 6.07) is 0. The number of hydrogen-bond acceptors (Lipinski definition) is 5. The minimum atomic E-state index is -1.26. The number of fused-ring (bicyclic) bond motifs is 5. The van der Waals surface area contributed by atoms with Crippen LogP contribution in [0.1, 0.15) is 105 Å². The topological polar surface area (TPSA) is 127 Å². The molecule has 0 aromatic heterocycles. The number of allylic oxidation sites excluding steroid dienone is 1. The van der Waals surface area contributed by atoms with Gasteiger partial charge >= 0.3 is 11.9 Å². The minimum Gasteiger partial charge on any atom is -0.478 e. The van der Waals surface area contributed by atoms with Crippen molar-refractivity contribution in [3.8, 4) is 0 Å². The van der Waals surface area contributed by atoms with Gasteiger partial charge in [-0.05, 0) is 97.7 Å². The molecule has 8 atom stereocenters. The fraction of sp³-hybridized carbons (Fsp3) is 0.806. The van der Waals surface area contributed by atoms with Crippen LogP contribution in [0.4, 0.5) is 0 Å². The summed E-state index contributed by atoms with van der Waals surface area (Å²) >= 11 is 0. The molecule has 8 nitrogen and oxygen atoms in total. The first-order chi connectivity index (χ1) is 18.3. The Labute approximate surface area is 233 Å². The number of carbonyl (C=O) groups is 2. The summed E-state index contributed by atoms with van der Waals surface area (Å²) < 4.78 is 0. The van der Waals surface area contributed by atoms with Gasteiger partial charge in [0.15, 0.2) is 0 Å². The minimum absolute atomic E-state index is 0.234. The highest BCUT2D eigenvalue weighted by Crippen LogP contribution is 2.67. The summed E-state index contributed by atoms with van der Waals surface area (Å²) in [5.41, 5.74) is 2.22. The van der Waals surface area contributed by atoms with Crippen molar-refractivity contribution in [2.45, 2.75) is 111 Å². The Hall–Kier alpha value is -2.38. The zero-order chi connectivity index (χ0) is 29.0. The van der Waals surface area contributed by atoms with Crippen LogP contribution in [-0.2, 0) is 14.4 Å². The Morgan fingerprint density at radius 2 is 1.72 bits per heavy atom. The third kappa shape index (κ3) is 7.23. The van der Waals surface area contributed by atoms with Crippen molar-refractivity contribution in [2.24, 2.45) is 46.3 Å². The van der Waals surface area contributed by atoms with Crippen LogP contribution in [0, 0.1) is 56.5 Å². The highest BCUT2D eigenvalue weighted by molar-refractivity contribution is 5.89. The lowest BCUT2D eigenvalue weighted by atomic mass is 9.47. The molecule has 1 unspecified atom stereocenters. The predicted octanol–water partition coefficient (Wildman–Crippen LogP) is 7.32. The molecule has 220 valence electrons. The zero-order valence-corrected chi connectivity index (χ0v) is 24.4. The number of carboxylic acid groups (broad SMARTS) is 2. The molecule has 4 aliphatic carbocycles. The molecule has 3 fully saturated rings. The molecule has 39 heavy (non-hydrogen) atoms. The van der Waals surface area contributed by atoms with E-state index in [0.717, 1.165) is 54.8 Å². The Balaban J connectivity index is 0.000000459. The van der Waals surface area contributed by atoms with E-state index in [2.05, 4.69) is 40.7 Å². The average Bonchev–Trinajstić information content (AvgIpc) is 3.20. The Morgan fingerprint density at radius 1 is 1.05 bits per heavy atom. The monoisotopic (exact) mass is 547 g/mol. The quantitative estimate of drug-likeness (QED) is 0.134. The van der Waals surface area contributed by atoms with E-state index >= 15 is 0 Å². The molecule has 0 aromatic carbocycles. The molecule has 0 spiro atoms. The number of aliphatic carboxylic acids is 2. The van der Waals surface area contributed by atoms with Crippen molar-refractivity contribution >= 4 is 11.9 Å². The summed E-state index contributed by atoms with van der Waals surface area (Å²) in [6.07, 6.45) is 16.9. The largest absolute Gasteiger partial charge is 0.478 e. The van der Waals surface area contributed by atoms with E-state index in [4.69, 9.17) is 15.1 Å². The average molecular weight is 548 g/mol. The maximum absolute atomic E-state index is 10.8. The molecule has 0 saturated heterocycles. The van der Waals surface area contributed by atoms with Crippen LogP contribution in [0.15, 0.2) is 23.8 Å². The summed E-state index contributed by atoms with van der Waals surface area (Å²) in [7, 11) is 0. The van der Waals surface area contributed by atoms with E-state index in [0.29, 0.717) is 17.6 Å². The van der Waals surface area contributed by atoms with Gasteiger partial charge in [0.25, 0.3) is 5.09 Å². The lowest BCUT2D eigenvalue weighted by molar-refractivity contribution is -0.769. The van der Waals surface area contributed by atoms with Gasteiger partial charge < -0.3 is 15.1 Å². The van der Waals surface area contributed by atoms with Crippen molar-refractivity contribution in [3.05, 3.63) is 33.9 Å². The molecule has 0 aliphatic heterocycles. The van der Waals surface area contributed by atoms with E-state index in [1.165, 1.54) is 56.9 Å². The van der Waals surface area contributed by atoms with Gasteiger partial charge in [-0.3, -0.25) is 0 Å². The van der Waals surface area contributed by atoms with Crippen LogP contribution in [-0.4, -0.2) is 33.3 Å². The lowest BCUT2D eigenvalue weighted by Crippen LogP contribution is -2.51. The zero-order valence-electron chi connectivity index (χ0n) is 24.4. The van der Waals surface area contributed by atoms with Crippen LogP contribution in [0.5, 0.6) is 0 Å². The maximum Gasteiger partial charge on any atom is 0.328 e. The van der Waals surface area contributed by atoms with Gasteiger partial charge in [-0.1, -0.05) is 65.5 Å². The molecule has 4 rings (SSSR count). The Kier molecular flexibility index (Phi) is 10.3. The van der Waals surface area contributed by atoms with Crippen molar-refractivity contribution in [1.29, 1.82) is 0 Å². The third-order valence-electron chi connectivity index (χ3n) is 10.9. The van der Waals surface area contributed by atoms with E-state index in [-0.39, 0.29) is 11.5 Å². The fourth-order valence-corrected chi connectivity index (χ4v) is 9.01. The standard InChI is InChI=1S/C27H45NO3.C4H4O4/c1-18(2)7-6-8-19(3)23-11-12-24-22-10-9-20-17-21(31-28(29)30)13-15-26(20,4)25(22)14-16-27(23,24)5;5-3(6)1-2-4(7)8/h9,18-19,21-25H,6-8,10-17H2,1-5H3;1-2H,(H,5,6)(H,7,8)/b;2-1-/t19-,21?,22+,23-,24+,25+,26+,27-;/m1./s1. The number of carboxylic acids is 2. The van der Waals surface area contributed by atoms with Gasteiger partial charge in [-0.15, -0.1) is 10.1 Å². The molecule has 0 radical (unpaired) electrons. The molecule has 4 aliphatic rings. The first-order valence-electron chi connectivity index (χ1n) is 14.9. The predicted molar refractivity (Wildman–Crippen MR) is 149 cm³/mol. The third-order valence-corrected chi connectivity index (χ3v) is 10.9. The molecule has 0 heterocycles. The number of hydrogen-bond donors (Lipinski definition) is 2. The molecule has 0 bridgehead atoms. The van der Waals surface area contributed by atoms with Crippen molar-refractivity contribution in [3.63, 3.8) is 0 Å². The molecule has 0 aromatic rings. The van der Waals surface area contributed by atoms with Crippen molar-refractivity contribution in [1.82, 2.24) is 0 Å². The van der Waals surface area contributed by atoms with Gasteiger partial charge in [-0.25, -0.2) is 9.59 Å². The second-order valence-corrected chi connectivity index (χ2v) is 13.5. The first-order valence-corrected chi connectivity index (χ1v) is 14.9. The summed E-state index contributed by atoms with van der Waals surface area (Å²) in [4.78, 5) is 34.9. The first kappa shape index (κ1) is 31.2. The Bertz CT molecular complexity index is 943. The highest BCUT2D eigenvalue weighted by Gasteiger charge is 2.59. The van der Waals surface area contributed by atoms with E-state index in [1.807, 2.05) is 0 Å². The fourth-order valence-electron chi connectivity index (χ4n) is 9.01. The van der Waals surface area contributed by atoms with Crippen molar-refractivity contribution < 1.29 is 29.7 Å². The van der Waals surface area contributed by atoms with Crippen LogP contribution in [0.25, 0.3) is 0 Å². The van der Waals surface area contributed by atoms with Gasteiger partial charge in [0, 0.05) is 12.2 Å². The van der Waals surface area contributed by atoms with Crippen molar-refractivity contribution in [2.75, 3.05) is 0 Å². The van der Waals surface area contributed by atoms with Crippen LogP contribution in [0.2, 0.25) is 0 Å². The second kappa shape index (κ2) is 12.9. The highest BCUT2D eigenvalue weighted by atomic mass is 17.0. The normalized spacial score (nSPS) is 36.1. The summed E-state index contributed by atoms with van der Waals surface area (Å²) in [5, 5.41) is 25.9. The molecular weight excluding hydrogens is 498 g/mol. The summed E-state index contributed by atoms with van der Waals surface area (Å²) in [6.45, 7) is 12.4. The van der Waals surface area contributed by atoms with E-state index in [9.17, 15) is 19.7 Å². The maximum atomic E-state index is 10.8. The smallest absolute Gasteiger partial charge is 0.328 e. The molecule has 0 amide bonds. The molecule has 2 N–H and O–H groups in total. The number of nitrogens with zero attached hydrogens (tertiary/aromatic N) is 1. The van der Waals surface area contributed by atoms with E-state index < -0.39 is 17.0 Å². The van der Waals surface area contributed by atoms with Crippen LogP contribution in [0.3, 0.4) is 0 Å². The van der Waals surface area contributed by atoms with Gasteiger partial charge in [0.2, 0.25) is 0 Å². The molecule has 3 saturated carbocycles. The molecule has 8 heteroatoms. The van der Waals surface area contributed by atoms with Gasteiger partial charge in [-0.2, -0.15) is 0 Å². The van der Waals surface area contributed by atoms with Crippen LogP contribution < -0.4 is 0 Å². The van der Waals surface area contributed by atoms with E-state index in [1.54, 1.807) is 0 Å². The van der Waals surface area contributed by atoms with Gasteiger partial charge in [0.05, 0.1) is 0 Å². The second-order valence-electron chi connectivity index (χ2n) is 13.5. The van der Waals surface area contributed by atoms with Gasteiger partial charge in [0.1, 0.15) is 6.10 Å². The molecular formula is C31H49NO7. The van der Waals surface area contributed by atoms with Crippen LogP contribution >= 0.6 is 0 Å². The SMILES string of the molecule is CC(C)CCC[C@@H](C)[C@H]1CC[C@H]2[C@@H]3CC=C4CC(O[N+](=O)[O-])CC[C@]4(C)[C@H]3CC[C@]12C.O=C(O)/C=C\C(=O)O. The number of rotatable bonds is 9.